The van der Waals surface area contributed by atoms with Crippen molar-refractivity contribution in [3.05, 3.63) is 82.1 Å². The summed E-state index contributed by atoms with van der Waals surface area (Å²) in [6.07, 6.45) is 2.74. The Morgan fingerprint density at radius 3 is 2.19 bits per heavy atom. The Labute approximate surface area is 160 Å². The van der Waals surface area contributed by atoms with E-state index in [9.17, 15) is 9.90 Å². The molecule has 27 heavy (non-hydrogen) atoms. The largest absolute Gasteiger partial charge is 0.511 e. The van der Waals surface area contributed by atoms with Gasteiger partial charge in [0.1, 0.15) is 5.76 Å². The number of hydrogen-bond acceptors (Lipinski definition) is 3. The maximum absolute atomic E-state index is 12.8. The van der Waals surface area contributed by atoms with Crippen molar-refractivity contribution >= 4 is 11.5 Å². The summed E-state index contributed by atoms with van der Waals surface area (Å²) in [5.74, 6) is 0.236. The molecule has 3 heteroatoms. The molecule has 0 saturated carbocycles. The summed E-state index contributed by atoms with van der Waals surface area (Å²) in [5, 5.41) is 10.6. The first kappa shape index (κ1) is 17.7. The van der Waals surface area contributed by atoms with Crippen LogP contribution in [0, 0.1) is 6.92 Å². The zero-order chi connectivity index (χ0) is 19.0. The lowest BCUT2D eigenvalue weighted by molar-refractivity contribution is -0.116. The molecular weight excluding hydrogens is 334 g/mol. The van der Waals surface area contributed by atoms with Gasteiger partial charge in [0.2, 0.25) is 0 Å². The highest BCUT2D eigenvalue weighted by molar-refractivity contribution is 6.22. The summed E-state index contributed by atoms with van der Waals surface area (Å²) in [4.78, 5) is 17.6. The van der Waals surface area contributed by atoms with Crippen LogP contribution in [0.2, 0.25) is 0 Å². The molecule has 2 aliphatic carbocycles. The second-order valence-corrected chi connectivity index (χ2v) is 7.81. The summed E-state index contributed by atoms with van der Waals surface area (Å²) in [7, 11) is 0. The Morgan fingerprint density at radius 1 is 0.963 bits per heavy atom. The number of aliphatic hydroxyl groups excluding tert-OH is 1. The molecule has 0 aliphatic heterocycles. The predicted molar refractivity (Wildman–Crippen MR) is 109 cm³/mol. The lowest BCUT2D eigenvalue weighted by atomic mass is 9.81. The van der Waals surface area contributed by atoms with E-state index in [0.29, 0.717) is 24.1 Å². The lowest BCUT2D eigenvalue weighted by Crippen LogP contribution is -2.23. The van der Waals surface area contributed by atoms with Crippen molar-refractivity contribution < 1.29 is 9.90 Å². The monoisotopic (exact) mass is 359 g/mol. The first-order chi connectivity index (χ1) is 13.0. The highest BCUT2D eigenvalue weighted by Crippen LogP contribution is 2.34. The van der Waals surface area contributed by atoms with E-state index in [1.54, 1.807) is 0 Å². The number of Topliss-reactive ketones (excluding diaryl/α,β-unsaturated/α-hetero) is 1. The molecule has 0 amide bonds. The highest BCUT2D eigenvalue weighted by atomic mass is 16.3. The summed E-state index contributed by atoms with van der Waals surface area (Å²) in [6.45, 7) is 3.91. The van der Waals surface area contributed by atoms with Crippen molar-refractivity contribution in [3.63, 3.8) is 0 Å². The van der Waals surface area contributed by atoms with Gasteiger partial charge in [-0.3, -0.25) is 9.79 Å². The first-order valence-corrected chi connectivity index (χ1v) is 9.64. The first-order valence-electron chi connectivity index (χ1n) is 9.64. The number of nitrogens with zero attached hydrogens (tertiary/aromatic N) is 1. The molecule has 3 nitrogen and oxygen atoms in total. The molecule has 4 rings (SSSR count). The molecule has 0 radical (unpaired) electrons. The van der Waals surface area contributed by atoms with Crippen LogP contribution < -0.4 is 0 Å². The number of aryl methyl sites for hydroxylation is 1. The molecule has 1 unspecified atom stereocenters. The van der Waals surface area contributed by atoms with Gasteiger partial charge < -0.3 is 5.11 Å². The number of aliphatic imine (C=N–C) groups is 1. The number of hydrogen-bond donors (Lipinski definition) is 1. The average molecular weight is 359 g/mol. The van der Waals surface area contributed by atoms with Crippen LogP contribution in [0.25, 0.3) is 0 Å². The van der Waals surface area contributed by atoms with E-state index in [-0.39, 0.29) is 23.5 Å². The minimum Gasteiger partial charge on any atom is -0.511 e. The molecule has 0 heterocycles. The van der Waals surface area contributed by atoms with Crippen molar-refractivity contribution in [2.24, 2.45) is 4.99 Å². The molecule has 0 bridgehead atoms. The second-order valence-electron chi connectivity index (χ2n) is 7.81. The van der Waals surface area contributed by atoms with Gasteiger partial charge in [-0.2, -0.15) is 0 Å². The fourth-order valence-electron chi connectivity index (χ4n) is 4.34. The Bertz CT molecular complexity index is 912. The predicted octanol–water partition coefficient (Wildman–Crippen LogP) is 4.88. The fourth-order valence-corrected chi connectivity index (χ4v) is 4.34. The maximum Gasteiger partial charge on any atom is 0.168 e. The molecule has 138 valence electrons. The van der Waals surface area contributed by atoms with E-state index >= 15 is 0 Å². The number of fused-ring (bicyclic) bond motifs is 1. The van der Waals surface area contributed by atoms with Gasteiger partial charge in [-0.25, -0.2) is 0 Å². The van der Waals surface area contributed by atoms with Gasteiger partial charge >= 0.3 is 0 Å². The molecule has 2 aromatic rings. The third-order valence-electron chi connectivity index (χ3n) is 5.76. The second kappa shape index (κ2) is 7.15. The van der Waals surface area contributed by atoms with Crippen molar-refractivity contribution in [1.82, 2.24) is 0 Å². The van der Waals surface area contributed by atoms with Gasteiger partial charge in [0.15, 0.2) is 5.78 Å². The molecular formula is C24H25NO2. The highest BCUT2D eigenvalue weighted by Gasteiger charge is 2.31. The minimum atomic E-state index is 0.00101. The van der Waals surface area contributed by atoms with E-state index in [1.807, 2.05) is 13.8 Å². The number of carbonyl (C=O) groups excluding carboxylic acids is 1. The lowest BCUT2D eigenvalue weighted by Gasteiger charge is -2.24. The summed E-state index contributed by atoms with van der Waals surface area (Å²) in [5.41, 5.74) is 6.10. The molecule has 0 fully saturated rings. The van der Waals surface area contributed by atoms with E-state index in [2.05, 4.69) is 48.5 Å². The zero-order valence-electron chi connectivity index (χ0n) is 15.9. The SMILES string of the molecule is CC(=NC1Cc2ccccc2C1)C1=C(O)CC(c2ccc(C)cc2)CC1=O. The van der Waals surface area contributed by atoms with Crippen molar-refractivity contribution in [3.8, 4) is 0 Å². The Balaban J connectivity index is 1.54. The third-order valence-corrected chi connectivity index (χ3v) is 5.76. The zero-order valence-corrected chi connectivity index (χ0v) is 15.9. The molecule has 1 atom stereocenters. The number of aliphatic hydroxyl groups is 1. The van der Waals surface area contributed by atoms with Crippen LogP contribution in [0.4, 0.5) is 0 Å². The standard InChI is InChI=1S/C24H25NO2/c1-15-7-9-17(10-8-15)20-13-22(26)24(23(27)14-20)16(2)25-21-11-18-5-3-4-6-19(18)12-21/h3-10,20-21,26H,11-14H2,1-2H3. The number of carbonyl (C=O) groups is 1. The minimum absolute atomic E-state index is 0.00101. The molecule has 1 N–H and O–H groups in total. The molecule has 0 aromatic heterocycles. The number of allylic oxidation sites excluding steroid dienone is 2. The van der Waals surface area contributed by atoms with Crippen LogP contribution >= 0.6 is 0 Å². The molecule has 2 aliphatic rings. The smallest absolute Gasteiger partial charge is 0.168 e. The average Bonchev–Trinajstić information content (AvgIpc) is 3.03. The van der Waals surface area contributed by atoms with E-state index in [0.717, 1.165) is 18.4 Å². The van der Waals surface area contributed by atoms with Gasteiger partial charge in [0.05, 0.1) is 11.6 Å². The van der Waals surface area contributed by atoms with Crippen LogP contribution in [0.1, 0.15) is 47.9 Å². The Kier molecular flexibility index (Phi) is 4.69. The van der Waals surface area contributed by atoms with Crippen LogP contribution in [0.5, 0.6) is 0 Å². The van der Waals surface area contributed by atoms with Crippen LogP contribution in [-0.4, -0.2) is 22.6 Å². The number of benzene rings is 2. The molecule has 0 spiro atoms. The van der Waals surface area contributed by atoms with Crippen LogP contribution in [0.3, 0.4) is 0 Å². The summed E-state index contributed by atoms with van der Waals surface area (Å²) in [6, 6.07) is 16.8. The van der Waals surface area contributed by atoms with Gasteiger partial charge in [0.25, 0.3) is 0 Å². The van der Waals surface area contributed by atoms with Crippen molar-refractivity contribution in [2.75, 3.05) is 0 Å². The maximum atomic E-state index is 12.8. The third kappa shape index (κ3) is 3.59. The normalized spacial score (nSPS) is 20.9. The van der Waals surface area contributed by atoms with E-state index in [1.165, 1.54) is 16.7 Å². The van der Waals surface area contributed by atoms with Gasteiger partial charge in [-0.1, -0.05) is 54.1 Å². The van der Waals surface area contributed by atoms with E-state index < -0.39 is 0 Å². The number of ketones is 1. The van der Waals surface area contributed by atoms with Crippen molar-refractivity contribution in [1.29, 1.82) is 0 Å². The molecule has 0 saturated heterocycles. The molecule has 2 aromatic carbocycles. The Morgan fingerprint density at radius 2 is 1.59 bits per heavy atom. The van der Waals surface area contributed by atoms with Gasteiger partial charge in [-0.05, 0) is 49.3 Å². The van der Waals surface area contributed by atoms with Gasteiger partial charge in [0, 0.05) is 18.6 Å². The topological polar surface area (TPSA) is 49.7 Å². The number of rotatable bonds is 3. The summed E-state index contributed by atoms with van der Waals surface area (Å²) >= 11 is 0. The summed E-state index contributed by atoms with van der Waals surface area (Å²) < 4.78 is 0. The van der Waals surface area contributed by atoms with E-state index in [4.69, 9.17) is 4.99 Å². The van der Waals surface area contributed by atoms with Crippen LogP contribution in [-0.2, 0) is 17.6 Å². The quantitative estimate of drug-likeness (QED) is 0.794. The Hall–Kier alpha value is -2.68. The fraction of sp³-hybridized carbons (Fsp3) is 0.333. The van der Waals surface area contributed by atoms with Crippen molar-refractivity contribution in [2.45, 2.75) is 51.5 Å². The van der Waals surface area contributed by atoms with Gasteiger partial charge in [-0.15, -0.1) is 0 Å². The van der Waals surface area contributed by atoms with Crippen LogP contribution in [0.15, 0.2) is 64.9 Å².